The van der Waals surface area contributed by atoms with Gasteiger partial charge in [0.15, 0.2) is 0 Å². The van der Waals surface area contributed by atoms with Crippen LogP contribution in [0.2, 0.25) is 10.0 Å². The highest BCUT2D eigenvalue weighted by Gasteiger charge is 2.34. The van der Waals surface area contributed by atoms with Gasteiger partial charge in [0.25, 0.3) is 10.0 Å². The van der Waals surface area contributed by atoms with Crippen LogP contribution < -0.4 is 9.62 Å². The zero-order chi connectivity index (χ0) is 30.3. The Hall–Kier alpha value is -2.59. The highest BCUT2D eigenvalue weighted by Crippen LogP contribution is 2.28. The molecule has 3 aromatic rings. The molecular weight excluding hydrogens is 649 g/mol. The van der Waals surface area contributed by atoms with Crippen molar-refractivity contribution in [3.63, 3.8) is 0 Å². The Morgan fingerprint density at radius 1 is 0.951 bits per heavy atom. The molecule has 2 amide bonds. The summed E-state index contributed by atoms with van der Waals surface area (Å²) in [6.45, 7) is 7.02. The average molecular weight is 683 g/mol. The molecule has 3 rings (SSSR count). The second-order valence-electron chi connectivity index (χ2n) is 9.82. The third-order valence-corrected chi connectivity index (χ3v) is 9.73. The van der Waals surface area contributed by atoms with Crippen molar-refractivity contribution >= 4 is 66.7 Å². The zero-order valence-corrected chi connectivity index (χ0v) is 27.3. The lowest BCUT2D eigenvalue weighted by molar-refractivity contribution is -0.140. The minimum atomic E-state index is -4.15. The van der Waals surface area contributed by atoms with Gasteiger partial charge < -0.3 is 10.2 Å². The van der Waals surface area contributed by atoms with E-state index in [1.54, 1.807) is 54.6 Å². The number of anilines is 1. The Morgan fingerprint density at radius 2 is 1.63 bits per heavy atom. The van der Waals surface area contributed by atoms with E-state index in [0.717, 1.165) is 9.87 Å². The fraction of sp³-hybridized carbons (Fsp3) is 0.333. The van der Waals surface area contributed by atoms with Crippen LogP contribution in [0.1, 0.15) is 44.7 Å². The highest BCUT2D eigenvalue weighted by atomic mass is 79.9. The number of halogens is 3. The minimum absolute atomic E-state index is 0.0268. The van der Waals surface area contributed by atoms with Crippen LogP contribution in [0.3, 0.4) is 0 Å². The largest absolute Gasteiger partial charge is 0.352 e. The maximum Gasteiger partial charge on any atom is 0.264 e. The smallest absolute Gasteiger partial charge is 0.264 e. The van der Waals surface area contributed by atoms with Crippen molar-refractivity contribution in [1.29, 1.82) is 0 Å². The molecule has 0 heterocycles. The molecule has 0 spiro atoms. The van der Waals surface area contributed by atoms with Gasteiger partial charge in [-0.25, -0.2) is 8.42 Å². The van der Waals surface area contributed by atoms with Crippen molar-refractivity contribution in [2.75, 3.05) is 10.8 Å². The van der Waals surface area contributed by atoms with Crippen LogP contribution in [-0.4, -0.2) is 43.8 Å². The topological polar surface area (TPSA) is 86.8 Å². The molecule has 0 aromatic heterocycles. The van der Waals surface area contributed by atoms with Crippen LogP contribution in [0, 0.1) is 6.92 Å². The van der Waals surface area contributed by atoms with Gasteiger partial charge in [0.05, 0.1) is 20.6 Å². The summed E-state index contributed by atoms with van der Waals surface area (Å²) in [5.41, 5.74) is 1.86. The Bertz CT molecular complexity index is 1490. The summed E-state index contributed by atoms with van der Waals surface area (Å²) in [5, 5.41) is 3.63. The van der Waals surface area contributed by atoms with Crippen molar-refractivity contribution in [3.05, 3.63) is 92.4 Å². The van der Waals surface area contributed by atoms with Crippen LogP contribution in [0.25, 0.3) is 0 Å². The van der Waals surface area contributed by atoms with Crippen molar-refractivity contribution < 1.29 is 18.0 Å². The van der Waals surface area contributed by atoms with E-state index in [-0.39, 0.29) is 23.4 Å². The van der Waals surface area contributed by atoms with Crippen molar-refractivity contribution in [2.24, 2.45) is 0 Å². The molecule has 0 saturated heterocycles. The highest BCUT2D eigenvalue weighted by molar-refractivity contribution is 9.10. The molecule has 0 aliphatic carbocycles. The van der Waals surface area contributed by atoms with Crippen LogP contribution in [-0.2, 0) is 26.2 Å². The predicted molar refractivity (Wildman–Crippen MR) is 169 cm³/mol. The monoisotopic (exact) mass is 681 g/mol. The van der Waals surface area contributed by atoms with E-state index in [4.69, 9.17) is 23.2 Å². The van der Waals surface area contributed by atoms with Crippen molar-refractivity contribution in [2.45, 2.75) is 64.1 Å². The summed E-state index contributed by atoms with van der Waals surface area (Å²) < 4.78 is 29.6. The van der Waals surface area contributed by atoms with Crippen molar-refractivity contribution in [3.8, 4) is 0 Å². The summed E-state index contributed by atoms with van der Waals surface area (Å²) >= 11 is 15.8. The molecule has 0 unspecified atom stereocenters. The molecule has 11 heteroatoms. The third-order valence-electron chi connectivity index (χ3n) is 6.71. The molecule has 0 radical (unpaired) electrons. The third kappa shape index (κ3) is 8.47. The van der Waals surface area contributed by atoms with Gasteiger partial charge in [0.2, 0.25) is 11.8 Å². The number of amides is 2. The van der Waals surface area contributed by atoms with Gasteiger partial charge in [-0.05, 0) is 74.7 Å². The number of hydrogen-bond donors (Lipinski definition) is 1. The summed E-state index contributed by atoms with van der Waals surface area (Å²) in [4.78, 5) is 28.9. The fourth-order valence-electron chi connectivity index (χ4n) is 4.19. The minimum Gasteiger partial charge on any atom is -0.352 e. The average Bonchev–Trinajstić information content (AvgIpc) is 2.93. The first-order valence-corrected chi connectivity index (χ1v) is 16.2. The number of rotatable bonds is 12. The maximum atomic E-state index is 14.1. The van der Waals surface area contributed by atoms with E-state index < -0.39 is 28.5 Å². The van der Waals surface area contributed by atoms with Crippen LogP contribution in [0.15, 0.2) is 76.1 Å². The lowest BCUT2D eigenvalue weighted by Crippen LogP contribution is -2.53. The number of nitrogens with one attached hydrogen (secondary N) is 1. The SMILES string of the molecule is CC[C@@H](C)NC(=O)[C@H](CC)N(Cc1ccc(Cl)c(Cl)c1)C(=O)CN(c1cccc(Br)c1)S(=O)(=O)c1ccc(C)cc1. The Labute approximate surface area is 261 Å². The lowest BCUT2D eigenvalue weighted by atomic mass is 10.1. The Morgan fingerprint density at radius 3 is 2.22 bits per heavy atom. The second kappa shape index (κ2) is 14.5. The zero-order valence-electron chi connectivity index (χ0n) is 23.4. The molecule has 2 atom stereocenters. The number of sulfonamides is 1. The van der Waals surface area contributed by atoms with E-state index >= 15 is 0 Å². The molecule has 7 nitrogen and oxygen atoms in total. The summed E-state index contributed by atoms with van der Waals surface area (Å²) in [6, 6.07) is 17.2. The van der Waals surface area contributed by atoms with E-state index in [9.17, 15) is 18.0 Å². The van der Waals surface area contributed by atoms with Gasteiger partial charge in [-0.2, -0.15) is 0 Å². The summed E-state index contributed by atoms with van der Waals surface area (Å²) in [6.07, 6.45) is 1.03. The van der Waals surface area contributed by atoms with Gasteiger partial charge in [-0.15, -0.1) is 0 Å². The van der Waals surface area contributed by atoms with E-state index in [1.807, 2.05) is 27.7 Å². The molecule has 1 N–H and O–H groups in total. The van der Waals surface area contributed by atoms with Gasteiger partial charge >= 0.3 is 0 Å². The predicted octanol–water partition coefficient (Wildman–Crippen LogP) is 6.98. The molecule has 0 saturated carbocycles. The summed E-state index contributed by atoms with van der Waals surface area (Å²) in [7, 11) is -4.15. The molecule has 0 aliphatic rings. The Balaban J connectivity index is 2.08. The maximum absolute atomic E-state index is 14.1. The van der Waals surface area contributed by atoms with Crippen LogP contribution in [0.4, 0.5) is 5.69 Å². The normalized spacial score (nSPS) is 12.9. The molecule has 41 heavy (non-hydrogen) atoms. The van der Waals surface area contributed by atoms with Gasteiger partial charge in [0.1, 0.15) is 12.6 Å². The summed E-state index contributed by atoms with van der Waals surface area (Å²) in [5.74, 6) is -0.858. The van der Waals surface area contributed by atoms with E-state index in [2.05, 4.69) is 21.2 Å². The quantitative estimate of drug-likeness (QED) is 0.223. The van der Waals surface area contributed by atoms with Gasteiger partial charge in [-0.1, -0.05) is 82.8 Å². The van der Waals surface area contributed by atoms with E-state index in [0.29, 0.717) is 38.6 Å². The van der Waals surface area contributed by atoms with E-state index in [1.165, 1.54) is 17.0 Å². The number of hydrogen-bond acceptors (Lipinski definition) is 4. The molecule has 3 aromatic carbocycles. The van der Waals surface area contributed by atoms with Crippen LogP contribution >= 0.6 is 39.1 Å². The van der Waals surface area contributed by atoms with Crippen molar-refractivity contribution in [1.82, 2.24) is 10.2 Å². The second-order valence-corrected chi connectivity index (χ2v) is 13.4. The molecular formula is C30H34BrCl2N3O4S. The molecule has 0 aliphatic heterocycles. The lowest BCUT2D eigenvalue weighted by Gasteiger charge is -2.33. The van der Waals surface area contributed by atoms with Crippen LogP contribution in [0.5, 0.6) is 0 Å². The molecule has 0 fully saturated rings. The first-order chi connectivity index (χ1) is 19.4. The van der Waals surface area contributed by atoms with Gasteiger partial charge in [-0.3, -0.25) is 13.9 Å². The fourth-order valence-corrected chi connectivity index (χ4v) is 6.31. The van der Waals surface area contributed by atoms with Gasteiger partial charge in [0, 0.05) is 17.1 Å². The number of aryl methyl sites for hydroxylation is 1. The standard InChI is InChI=1S/C30H34BrCl2N3O4S/c1-5-21(4)34-30(38)28(6-2)35(18-22-12-15-26(32)27(33)16-22)29(37)19-36(24-9-7-8-23(31)17-24)41(39,40)25-13-10-20(3)11-14-25/h7-17,21,28H,5-6,18-19H2,1-4H3,(H,34,38)/t21-,28+/m1/s1. The molecule has 220 valence electrons. The number of carbonyl (C=O) groups is 2. The first kappa shape index (κ1) is 32.9. The molecule has 0 bridgehead atoms. The number of benzene rings is 3. The Kier molecular flexibility index (Phi) is 11.7. The number of nitrogens with zero attached hydrogens (tertiary/aromatic N) is 2. The number of carbonyl (C=O) groups excluding carboxylic acids is 2. The first-order valence-electron chi connectivity index (χ1n) is 13.3.